The lowest BCUT2D eigenvalue weighted by Gasteiger charge is -2.39. The predicted octanol–water partition coefficient (Wildman–Crippen LogP) is 3.66. The normalized spacial score (nSPS) is 24.2. The van der Waals surface area contributed by atoms with Crippen LogP contribution >= 0.6 is 11.9 Å². The molecule has 5 aliphatic rings. The molecule has 280 valence electrons. The number of aromatic nitrogens is 4. The van der Waals surface area contributed by atoms with Crippen molar-refractivity contribution in [1.82, 2.24) is 24.5 Å². The Balaban J connectivity index is 0.965. The molecule has 0 radical (unpaired) electrons. The highest BCUT2D eigenvalue weighted by atomic mass is 32.2. The molecule has 1 saturated heterocycles. The third-order valence-electron chi connectivity index (χ3n) is 12.9. The molecule has 3 aliphatic carbocycles. The number of pyridine rings is 2. The summed E-state index contributed by atoms with van der Waals surface area (Å²) in [4.78, 5) is 26.1. The number of nitrogens with zero attached hydrogens (tertiary/aromatic N) is 5. The van der Waals surface area contributed by atoms with Crippen molar-refractivity contribution in [2.45, 2.75) is 87.2 Å². The first-order valence-corrected chi connectivity index (χ1v) is 20.0. The average Bonchev–Trinajstić information content (AvgIpc) is 4.10. The Morgan fingerprint density at radius 1 is 1.00 bits per heavy atom. The molecule has 15 heteroatoms. The van der Waals surface area contributed by atoms with Crippen LogP contribution in [0.4, 0.5) is 11.6 Å². The highest BCUT2D eigenvalue weighted by molar-refractivity contribution is 7.97. The molecule has 2 aliphatic heterocycles. The molecule has 54 heavy (non-hydrogen) atoms. The van der Waals surface area contributed by atoms with Gasteiger partial charge in [0.1, 0.15) is 17.5 Å². The average molecular weight is 748 g/mol. The fourth-order valence-electron chi connectivity index (χ4n) is 9.84. The Kier molecular flexibility index (Phi) is 8.33. The van der Waals surface area contributed by atoms with Gasteiger partial charge in [0, 0.05) is 42.8 Å². The molecular weight excluding hydrogens is 700 g/mol. The number of carbonyl (C=O) groups excluding carboxylic acids is 1. The second-order valence-corrected chi connectivity index (χ2v) is 17.8. The van der Waals surface area contributed by atoms with Gasteiger partial charge in [-0.2, -0.15) is 0 Å². The van der Waals surface area contributed by atoms with E-state index >= 15 is 0 Å². The zero-order chi connectivity index (χ0) is 37.5. The van der Waals surface area contributed by atoms with Crippen LogP contribution in [-0.4, -0.2) is 81.4 Å². The summed E-state index contributed by atoms with van der Waals surface area (Å²) in [6.45, 7) is 6.32. The maximum Gasteiger partial charge on any atom is 0.265 e. The topological polar surface area (TPSA) is 147 Å². The first kappa shape index (κ1) is 35.5. The molecule has 4 aromatic rings. The SMILES string of the molecule is BC(O)(Oc1ccn(-c2ccc3c(n2)N2CC(CCCNc4nc(ccc4OCc4ccccc4)SNC3=O)CC2(C)C)n1)C(B)(O)C1C2(CC2)C12CC2. The number of rotatable bonds is 8. The van der Waals surface area contributed by atoms with Gasteiger partial charge in [-0.1, -0.05) is 30.3 Å². The summed E-state index contributed by atoms with van der Waals surface area (Å²) in [7, 11) is 3.24. The molecule has 1 aromatic carbocycles. The summed E-state index contributed by atoms with van der Waals surface area (Å²) in [6, 6.07) is 19.0. The molecule has 9 rings (SSSR count). The Morgan fingerprint density at radius 2 is 1.76 bits per heavy atom. The monoisotopic (exact) mass is 747 g/mol. The number of carbonyl (C=O) groups is 1. The number of amides is 1. The largest absolute Gasteiger partial charge is 0.485 e. The van der Waals surface area contributed by atoms with Crippen molar-refractivity contribution >= 4 is 45.2 Å². The molecule has 3 saturated carbocycles. The smallest absolute Gasteiger partial charge is 0.265 e. The first-order chi connectivity index (χ1) is 25.8. The second kappa shape index (κ2) is 12.7. The van der Waals surface area contributed by atoms with Crippen molar-refractivity contribution in [3.63, 3.8) is 0 Å². The van der Waals surface area contributed by atoms with E-state index in [2.05, 4.69) is 33.9 Å². The van der Waals surface area contributed by atoms with E-state index < -0.39 is 11.2 Å². The number of hydrogen-bond acceptors (Lipinski definition) is 11. The van der Waals surface area contributed by atoms with E-state index in [-0.39, 0.29) is 34.1 Å². The van der Waals surface area contributed by atoms with Crippen LogP contribution in [0.2, 0.25) is 0 Å². The summed E-state index contributed by atoms with van der Waals surface area (Å²) < 4.78 is 16.8. The van der Waals surface area contributed by atoms with E-state index in [0.29, 0.717) is 46.3 Å². The third-order valence-corrected chi connectivity index (χ3v) is 13.6. The van der Waals surface area contributed by atoms with Gasteiger partial charge >= 0.3 is 0 Å². The van der Waals surface area contributed by atoms with Crippen LogP contribution in [0, 0.1) is 22.7 Å². The summed E-state index contributed by atoms with van der Waals surface area (Å²) in [6.07, 6.45) is 9.06. The van der Waals surface area contributed by atoms with Gasteiger partial charge < -0.3 is 29.9 Å². The fourth-order valence-corrected chi connectivity index (χ4v) is 10.4. The van der Waals surface area contributed by atoms with Gasteiger partial charge in [0.15, 0.2) is 38.8 Å². The second-order valence-electron chi connectivity index (χ2n) is 17.0. The third kappa shape index (κ3) is 6.03. The molecule has 3 aromatic heterocycles. The summed E-state index contributed by atoms with van der Waals surface area (Å²) in [5.74, 6) is 2.71. The van der Waals surface area contributed by atoms with Crippen LogP contribution < -0.4 is 24.4 Å². The Hall–Kier alpha value is -4.20. The van der Waals surface area contributed by atoms with Gasteiger partial charge in [-0.25, -0.2) is 14.6 Å². The zero-order valence-corrected chi connectivity index (χ0v) is 32.2. The number of aliphatic hydroxyl groups is 2. The summed E-state index contributed by atoms with van der Waals surface area (Å²) in [5.41, 5.74) is -1.65. The molecule has 4 fully saturated rings. The fraction of sp³-hybridized carbons (Fsp3) is 0.487. The predicted molar refractivity (Wildman–Crippen MR) is 211 cm³/mol. The molecular formula is C39H47B2N7O5S. The number of nitrogens with one attached hydrogen (secondary N) is 2. The van der Waals surface area contributed by atoms with E-state index in [0.717, 1.165) is 75.5 Å². The van der Waals surface area contributed by atoms with Gasteiger partial charge in [-0.15, -0.1) is 5.10 Å². The molecule has 3 atom stereocenters. The molecule has 12 nitrogen and oxygen atoms in total. The van der Waals surface area contributed by atoms with Gasteiger partial charge in [-0.05, 0) is 111 Å². The Morgan fingerprint density at radius 3 is 2.50 bits per heavy atom. The van der Waals surface area contributed by atoms with E-state index in [9.17, 15) is 15.0 Å². The molecule has 4 bridgehead atoms. The number of ether oxygens (including phenoxy) is 2. The molecule has 5 heterocycles. The van der Waals surface area contributed by atoms with Crippen LogP contribution in [0.5, 0.6) is 11.6 Å². The maximum atomic E-state index is 14.0. The van der Waals surface area contributed by atoms with Crippen molar-refractivity contribution in [3.8, 4) is 17.4 Å². The van der Waals surface area contributed by atoms with Crippen LogP contribution in [-0.2, 0) is 6.61 Å². The van der Waals surface area contributed by atoms with Crippen LogP contribution in [0.3, 0.4) is 0 Å². The standard InChI is InChI=1S/C39H47B2N7O5S/c1-35(2)21-25-9-6-19-42-31-27(52-23-24-7-4-3-5-8-24)11-13-30(44-31)54-46-33(49)26-10-12-28(43-32(26)47(35)22-25)48-20-14-29(45-48)53-39(41,51)38(40,50)34-36(15-16-36)37(34)17-18-37/h3-5,7-8,10-14,20,25,34,50-51H,6,9,15-19,21-23,40-41H2,1-2H3,(H,42,44)(H,46,49). The molecule has 1 amide bonds. The molecule has 3 unspecified atom stereocenters. The van der Waals surface area contributed by atoms with Gasteiger partial charge in [0.25, 0.3) is 5.91 Å². The summed E-state index contributed by atoms with van der Waals surface area (Å²) in [5, 5.41) is 32.0. The number of hydrogen-bond donors (Lipinski definition) is 4. The van der Waals surface area contributed by atoms with Crippen molar-refractivity contribution in [2.75, 3.05) is 23.3 Å². The minimum atomic E-state index is -1.84. The number of anilines is 2. The minimum absolute atomic E-state index is 0.0223. The Bertz CT molecular complexity index is 2070. The lowest BCUT2D eigenvalue weighted by atomic mass is 9.62. The van der Waals surface area contributed by atoms with Crippen molar-refractivity contribution in [2.24, 2.45) is 22.7 Å². The number of fused-ring (bicyclic) bond motifs is 7. The van der Waals surface area contributed by atoms with Crippen molar-refractivity contribution < 1.29 is 24.5 Å². The zero-order valence-electron chi connectivity index (χ0n) is 31.3. The van der Waals surface area contributed by atoms with Crippen LogP contribution in [0.25, 0.3) is 5.82 Å². The van der Waals surface area contributed by atoms with Gasteiger partial charge in [-0.3, -0.25) is 9.52 Å². The van der Waals surface area contributed by atoms with E-state index in [1.54, 1.807) is 36.9 Å². The van der Waals surface area contributed by atoms with E-state index in [1.165, 1.54) is 7.85 Å². The molecule has 4 N–H and O–H groups in total. The minimum Gasteiger partial charge on any atom is -0.485 e. The highest BCUT2D eigenvalue weighted by Crippen LogP contribution is 2.94. The van der Waals surface area contributed by atoms with Crippen molar-refractivity contribution in [1.29, 1.82) is 0 Å². The number of benzene rings is 1. The van der Waals surface area contributed by atoms with Gasteiger partial charge in [0.2, 0.25) is 5.88 Å². The Labute approximate surface area is 321 Å². The van der Waals surface area contributed by atoms with Gasteiger partial charge in [0.05, 0.1) is 11.1 Å². The lowest BCUT2D eigenvalue weighted by Crippen LogP contribution is -2.61. The van der Waals surface area contributed by atoms with Crippen molar-refractivity contribution in [3.05, 3.63) is 78.0 Å². The summed E-state index contributed by atoms with van der Waals surface area (Å²) >= 11 is 1.15. The highest BCUT2D eigenvalue weighted by Gasteiger charge is 2.90. The van der Waals surface area contributed by atoms with Crippen LogP contribution in [0.15, 0.2) is 71.9 Å². The van der Waals surface area contributed by atoms with Crippen LogP contribution in [0.1, 0.15) is 74.7 Å². The quantitative estimate of drug-likeness (QED) is 0.119. The molecule has 2 spiro atoms. The first-order valence-electron chi connectivity index (χ1n) is 19.2. The van der Waals surface area contributed by atoms with E-state index in [1.807, 2.05) is 42.5 Å². The maximum absolute atomic E-state index is 14.0. The lowest BCUT2D eigenvalue weighted by molar-refractivity contribution is -0.177. The van der Waals surface area contributed by atoms with E-state index in [4.69, 9.17) is 19.4 Å².